The van der Waals surface area contributed by atoms with E-state index in [-0.39, 0.29) is 0 Å². The molecule has 0 spiro atoms. The lowest BCUT2D eigenvalue weighted by Crippen LogP contribution is -1.55. The van der Waals surface area contributed by atoms with Crippen molar-refractivity contribution >= 4 is 70.6 Å². The fourth-order valence-corrected chi connectivity index (χ4v) is 4.88. The van der Waals surface area contributed by atoms with Crippen molar-refractivity contribution in [1.29, 1.82) is 0 Å². The maximum Gasteiger partial charge on any atom is 0.0887 e. The van der Waals surface area contributed by atoms with Gasteiger partial charge < -0.3 is 0 Å². The van der Waals surface area contributed by atoms with Crippen LogP contribution in [-0.4, -0.2) is 0 Å². The average molecular weight is 345 g/mol. The molecule has 0 fully saturated rings. The lowest BCUT2D eigenvalue weighted by atomic mass is 10.4. The molecule has 0 amide bonds. The molecule has 52 valence electrons. The summed E-state index contributed by atoms with van der Waals surface area (Å²) in [6.07, 6.45) is 0. The third-order valence-electron chi connectivity index (χ3n) is 1.22. The molecule has 0 saturated heterocycles. The van der Waals surface area contributed by atoms with Crippen molar-refractivity contribution in [2.45, 2.75) is 0 Å². The van der Waals surface area contributed by atoms with Gasteiger partial charge in [0.25, 0.3) is 0 Å². The third-order valence-corrected chi connectivity index (χ3v) is 6.28. The largest absolute Gasteiger partial charge is 0.133 e. The van der Waals surface area contributed by atoms with Crippen molar-refractivity contribution < 1.29 is 0 Å². The highest BCUT2D eigenvalue weighted by molar-refractivity contribution is 14.1. The molecule has 0 nitrogen and oxygen atoms in total. The predicted molar refractivity (Wildman–Crippen MR) is 60.1 cm³/mol. The summed E-state index contributed by atoms with van der Waals surface area (Å²) in [5, 5.41) is 3.49. The van der Waals surface area contributed by atoms with Crippen LogP contribution in [-0.2, 0) is 0 Å². The van der Waals surface area contributed by atoms with Gasteiger partial charge in [-0.1, -0.05) is 0 Å². The van der Waals surface area contributed by atoms with E-state index < -0.39 is 0 Å². The van der Waals surface area contributed by atoms with E-state index in [9.17, 15) is 0 Å². The van der Waals surface area contributed by atoms with E-state index in [1.807, 2.05) is 11.3 Å². The Labute approximate surface area is 88.5 Å². The predicted octanol–water partition coefficient (Wildman–Crippen LogP) is 4.33. The maximum absolute atomic E-state index is 3.54. The van der Waals surface area contributed by atoms with Gasteiger partial charge in [-0.2, -0.15) is 0 Å². The molecule has 0 atom stereocenters. The van der Waals surface area contributed by atoms with Crippen molar-refractivity contribution in [3.05, 3.63) is 18.8 Å². The van der Waals surface area contributed by atoms with Gasteiger partial charge in [0.1, 0.15) is 0 Å². The Morgan fingerprint density at radius 3 is 3.00 bits per heavy atom. The van der Waals surface area contributed by atoms with Gasteiger partial charge in [-0.15, -0.1) is 22.7 Å². The summed E-state index contributed by atoms with van der Waals surface area (Å²) in [6, 6.07) is 2.16. The molecule has 0 aliphatic rings. The highest BCUT2D eigenvalue weighted by Gasteiger charge is 2.06. The molecule has 2 rings (SSSR count). The van der Waals surface area contributed by atoms with Gasteiger partial charge in [-0.25, -0.2) is 0 Å². The molecule has 0 saturated carbocycles. The first kappa shape index (κ1) is 7.52. The van der Waals surface area contributed by atoms with Crippen LogP contribution >= 0.6 is 61.2 Å². The second kappa shape index (κ2) is 2.73. The number of rotatable bonds is 0. The molecule has 2 aromatic rings. The highest BCUT2D eigenvalue weighted by atomic mass is 127. The number of hydrogen-bond acceptors (Lipinski definition) is 2. The molecule has 0 aliphatic carbocycles. The summed E-state index contributed by atoms with van der Waals surface area (Å²) in [5.41, 5.74) is 0. The SMILES string of the molecule is Brc1c(I)sc2sccc12. The van der Waals surface area contributed by atoms with Crippen molar-refractivity contribution in [1.82, 2.24) is 0 Å². The van der Waals surface area contributed by atoms with E-state index >= 15 is 0 Å². The normalized spacial score (nSPS) is 11.0. The fourth-order valence-electron chi connectivity index (χ4n) is 0.769. The summed E-state index contributed by atoms with van der Waals surface area (Å²) in [4.78, 5) is 0. The number of thiophene rings is 2. The summed E-state index contributed by atoms with van der Waals surface area (Å²) in [5.74, 6) is 0. The first-order valence-electron chi connectivity index (χ1n) is 2.60. The van der Waals surface area contributed by atoms with E-state index in [0.29, 0.717) is 0 Å². The number of fused-ring (bicyclic) bond motifs is 1. The summed E-state index contributed by atoms with van der Waals surface area (Å²) in [6.45, 7) is 0. The van der Waals surface area contributed by atoms with E-state index in [4.69, 9.17) is 0 Å². The zero-order valence-corrected chi connectivity index (χ0v) is 10.1. The molecule has 2 heterocycles. The Morgan fingerprint density at radius 1 is 1.50 bits per heavy atom. The molecule has 2 aromatic heterocycles. The molecular formula is C6H2BrIS2. The minimum Gasteiger partial charge on any atom is -0.133 e. The van der Waals surface area contributed by atoms with Crippen LogP contribution in [0.15, 0.2) is 15.9 Å². The fraction of sp³-hybridized carbons (Fsp3) is 0. The van der Waals surface area contributed by atoms with Gasteiger partial charge in [0.05, 0.1) is 11.4 Å². The molecular weight excluding hydrogens is 343 g/mol. The topological polar surface area (TPSA) is 0 Å². The summed E-state index contributed by atoms with van der Waals surface area (Å²) in [7, 11) is 0. The highest BCUT2D eigenvalue weighted by Crippen LogP contribution is 2.39. The lowest BCUT2D eigenvalue weighted by molar-refractivity contribution is 1.92. The van der Waals surface area contributed by atoms with Crippen molar-refractivity contribution in [2.24, 2.45) is 0 Å². The van der Waals surface area contributed by atoms with E-state index in [1.165, 1.54) is 16.8 Å². The Morgan fingerprint density at radius 2 is 2.30 bits per heavy atom. The number of hydrogen-bond donors (Lipinski definition) is 0. The average Bonchev–Trinajstić information content (AvgIpc) is 2.41. The van der Waals surface area contributed by atoms with Crippen LogP contribution in [0.4, 0.5) is 0 Å². The Kier molecular flexibility index (Phi) is 2.05. The third kappa shape index (κ3) is 1.05. The molecule has 0 aliphatic heterocycles. The first-order chi connectivity index (χ1) is 4.79. The molecule has 0 N–H and O–H groups in total. The maximum atomic E-state index is 3.54. The Balaban J connectivity index is 2.95. The van der Waals surface area contributed by atoms with Gasteiger partial charge in [0, 0.05) is 5.39 Å². The zero-order chi connectivity index (χ0) is 7.14. The molecule has 10 heavy (non-hydrogen) atoms. The van der Waals surface area contributed by atoms with Crippen LogP contribution < -0.4 is 0 Å². The van der Waals surface area contributed by atoms with Gasteiger partial charge in [-0.05, 0) is 50.0 Å². The van der Waals surface area contributed by atoms with E-state index in [1.54, 1.807) is 11.3 Å². The Bertz CT molecular complexity index is 363. The molecule has 0 radical (unpaired) electrons. The smallest absolute Gasteiger partial charge is 0.0887 e. The van der Waals surface area contributed by atoms with Gasteiger partial charge >= 0.3 is 0 Å². The van der Waals surface area contributed by atoms with Crippen molar-refractivity contribution in [3.8, 4) is 0 Å². The standard InChI is InChI=1S/C6H2BrIS2/c7-4-3-1-2-9-6(3)10-5(4)8/h1-2H. The molecule has 0 unspecified atom stereocenters. The quantitative estimate of drug-likeness (QED) is 0.624. The van der Waals surface area contributed by atoms with Crippen LogP contribution in [0, 0.1) is 2.88 Å². The molecule has 0 bridgehead atoms. The van der Waals surface area contributed by atoms with E-state index in [0.717, 1.165) is 0 Å². The first-order valence-corrected chi connectivity index (χ1v) is 6.17. The zero-order valence-electron chi connectivity index (χ0n) is 4.73. The van der Waals surface area contributed by atoms with Crippen LogP contribution in [0.25, 0.3) is 9.40 Å². The van der Waals surface area contributed by atoms with Crippen molar-refractivity contribution in [3.63, 3.8) is 0 Å². The summed E-state index contributed by atoms with van der Waals surface area (Å²) < 4.78 is 4.02. The molecule has 0 aromatic carbocycles. The van der Waals surface area contributed by atoms with Crippen LogP contribution in [0.2, 0.25) is 0 Å². The van der Waals surface area contributed by atoms with Gasteiger partial charge in [0.15, 0.2) is 0 Å². The second-order valence-electron chi connectivity index (χ2n) is 1.81. The van der Waals surface area contributed by atoms with Crippen LogP contribution in [0.1, 0.15) is 0 Å². The Hall–Kier alpha value is 0.870. The second-order valence-corrected chi connectivity index (χ2v) is 6.61. The van der Waals surface area contributed by atoms with Crippen LogP contribution in [0.5, 0.6) is 0 Å². The minimum atomic E-state index is 1.26. The minimum absolute atomic E-state index is 1.26. The summed E-state index contributed by atoms with van der Waals surface area (Å²) >= 11 is 9.54. The lowest BCUT2D eigenvalue weighted by Gasteiger charge is -1.79. The number of halogens is 2. The van der Waals surface area contributed by atoms with Gasteiger partial charge in [-0.3, -0.25) is 0 Å². The monoisotopic (exact) mass is 344 g/mol. The van der Waals surface area contributed by atoms with Crippen LogP contribution in [0.3, 0.4) is 0 Å². The molecule has 4 heteroatoms. The van der Waals surface area contributed by atoms with Gasteiger partial charge in [0.2, 0.25) is 0 Å². The van der Waals surface area contributed by atoms with E-state index in [2.05, 4.69) is 50.0 Å². The van der Waals surface area contributed by atoms with Crippen molar-refractivity contribution in [2.75, 3.05) is 0 Å².